The zero-order valence-electron chi connectivity index (χ0n) is 10.6. The van der Waals surface area contributed by atoms with E-state index in [1.54, 1.807) is 19.5 Å². The van der Waals surface area contributed by atoms with Gasteiger partial charge in [-0.3, -0.25) is 9.97 Å². The Hall–Kier alpha value is -1.94. The van der Waals surface area contributed by atoms with Crippen molar-refractivity contribution in [2.45, 2.75) is 19.4 Å². The molecule has 4 heteroatoms. The van der Waals surface area contributed by atoms with Gasteiger partial charge in [0.15, 0.2) is 0 Å². The van der Waals surface area contributed by atoms with Crippen molar-refractivity contribution in [3.05, 3.63) is 53.6 Å². The molecule has 2 rings (SSSR count). The molecule has 2 N–H and O–H groups in total. The minimum atomic E-state index is -0.364. The van der Waals surface area contributed by atoms with Gasteiger partial charge < -0.3 is 10.5 Å². The van der Waals surface area contributed by atoms with Crippen molar-refractivity contribution >= 4 is 0 Å². The molecule has 0 fully saturated rings. The van der Waals surface area contributed by atoms with Crippen LogP contribution in [0.2, 0.25) is 0 Å². The summed E-state index contributed by atoms with van der Waals surface area (Å²) in [5, 5.41) is 0. The van der Waals surface area contributed by atoms with Crippen molar-refractivity contribution in [2.75, 3.05) is 7.11 Å². The van der Waals surface area contributed by atoms with E-state index in [-0.39, 0.29) is 6.04 Å². The molecule has 1 atom stereocenters. The Morgan fingerprint density at radius 2 is 1.83 bits per heavy atom. The second kappa shape index (κ2) is 5.60. The number of rotatable bonds is 4. The quantitative estimate of drug-likeness (QED) is 0.893. The molecule has 0 aliphatic carbocycles. The fraction of sp³-hybridized carbons (Fsp3) is 0.286. The van der Waals surface area contributed by atoms with Gasteiger partial charge in [-0.05, 0) is 30.2 Å². The van der Waals surface area contributed by atoms with Crippen LogP contribution in [0, 0.1) is 0 Å². The van der Waals surface area contributed by atoms with Crippen molar-refractivity contribution in [3.63, 3.8) is 0 Å². The minimum Gasteiger partial charge on any atom is -0.495 e. The molecule has 1 unspecified atom stereocenters. The first kappa shape index (κ1) is 12.5. The van der Waals surface area contributed by atoms with Gasteiger partial charge in [-0.15, -0.1) is 0 Å². The Balaban J connectivity index is 2.44. The first-order valence-corrected chi connectivity index (χ1v) is 5.96. The van der Waals surface area contributed by atoms with Crippen LogP contribution in [0.1, 0.15) is 29.9 Å². The predicted octanol–water partition coefficient (Wildman–Crippen LogP) is 2.10. The van der Waals surface area contributed by atoms with Crippen molar-refractivity contribution in [1.29, 1.82) is 0 Å². The summed E-state index contributed by atoms with van der Waals surface area (Å²) in [6.07, 6.45) is 4.36. The summed E-state index contributed by atoms with van der Waals surface area (Å²) in [7, 11) is 1.62. The maximum atomic E-state index is 6.26. The topological polar surface area (TPSA) is 61.0 Å². The predicted molar refractivity (Wildman–Crippen MR) is 70.4 cm³/mol. The second-order valence-corrected chi connectivity index (χ2v) is 3.97. The highest BCUT2D eigenvalue weighted by atomic mass is 16.5. The van der Waals surface area contributed by atoms with E-state index < -0.39 is 0 Å². The second-order valence-electron chi connectivity index (χ2n) is 3.97. The first-order valence-electron chi connectivity index (χ1n) is 5.96. The van der Waals surface area contributed by atoms with Gasteiger partial charge in [0.1, 0.15) is 11.4 Å². The fourth-order valence-corrected chi connectivity index (χ4v) is 1.97. The van der Waals surface area contributed by atoms with Gasteiger partial charge in [-0.25, -0.2) is 0 Å². The average molecular weight is 243 g/mol. The standard InChI is InChI=1S/C14H17N3O/c1-3-10-6-4-8-16-13(10)12(15)14-11(18-2)7-5-9-17-14/h4-9,12H,3,15H2,1-2H3. The summed E-state index contributed by atoms with van der Waals surface area (Å²) in [4.78, 5) is 8.69. The normalized spacial score (nSPS) is 12.2. The van der Waals surface area contributed by atoms with E-state index in [0.29, 0.717) is 11.4 Å². The maximum absolute atomic E-state index is 6.26. The van der Waals surface area contributed by atoms with E-state index in [1.165, 1.54) is 0 Å². The first-order chi connectivity index (χ1) is 8.77. The average Bonchev–Trinajstić information content (AvgIpc) is 2.46. The van der Waals surface area contributed by atoms with E-state index in [1.807, 2.05) is 24.3 Å². The zero-order valence-corrected chi connectivity index (χ0v) is 10.6. The minimum absolute atomic E-state index is 0.364. The summed E-state index contributed by atoms with van der Waals surface area (Å²) in [5.74, 6) is 0.692. The number of nitrogens with zero attached hydrogens (tertiary/aromatic N) is 2. The van der Waals surface area contributed by atoms with E-state index in [9.17, 15) is 0 Å². The molecule has 0 aliphatic heterocycles. The molecule has 4 nitrogen and oxygen atoms in total. The number of aryl methyl sites for hydroxylation is 1. The number of aromatic nitrogens is 2. The van der Waals surface area contributed by atoms with Gasteiger partial charge >= 0.3 is 0 Å². The molecule has 2 aromatic rings. The van der Waals surface area contributed by atoms with Gasteiger partial charge in [0, 0.05) is 12.4 Å². The number of nitrogens with two attached hydrogens (primary N) is 1. The van der Waals surface area contributed by atoms with Crippen LogP contribution < -0.4 is 10.5 Å². The Bertz CT molecular complexity index is 480. The Morgan fingerprint density at radius 1 is 1.17 bits per heavy atom. The lowest BCUT2D eigenvalue weighted by molar-refractivity contribution is 0.404. The van der Waals surface area contributed by atoms with Crippen LogP contribution in [-0.2, 0) is 6.42 Å². The van der Waals surface area contributed by atoms with Crippen molar-refractivity contribution in [2.24, 2.45) is 5.73 Å². The molecule has 2 aromatic heterocycles. The van der Waals surface area contributed by atoms with Gasteiger partial charge in [0.25, 0.3) is 0 Å². The third-order valence-corrected chi connectivity index (χ3v) is 2.92. The van der Waals surface area contributed by atoms with Crippen LogP contribution in [0.15, 0.2) is 36.7 Å². The van der Waals surface area contributed by atoms with E-state index in [0.717, 1.165) is 17.7 Å². The third kappa shape index (κ3) is 2.33. The summed E-state index contributed by atoms with van der Waals surface area (Å²) in [6.45, 7) is 2.09. The molecule has 0 radical (unpaired) electrons. The fourth-order valence-electron chi connectivity index (χ4n) is 1.97. The highest BCUT2D eigenvalue weighted by molar-refractivity contribution is 5.36. The van der Waals surface area contributed by atoms with E-state index >= 15 is 0 Å². The Kier molecular flexibility index (Phi) is 3.89. The van der Waals surface area contributed by atoms with Crippen LogP contribution in [0.25, 0.3) is 0 Å². The molecule has 0 amide bonds. The lowest BCUT2D eigenvalue weighted by atomic mass is 10.0. The van der Waals surface area contributed by atoms with Gasteiger partial charge in [-0.1, -0.05) is 13.0 Å². The maximum Gasteiger partial charge on any atom is 0.142 e. The van der Waals surface area contributed by atoms with Crippen LogP contribution in [0.5, 0.6) is 5.75 Å². The Labute approximate surface area is 107 Å². The van der Waals surface area contributed by atoms with Crippen LogP contribution in [-0.4, -0.2) is 17.1 Å². The van der Waals surface area contributed by atoms with Gasteiger partial charge in [0.2, 0.25) is 0 Å². The summed E-state index contributed by atoms with van der Waals surface area (Å²) in [5.41, 5.74) is 8.98. The molecule has 0 bridgehead atoms. The molecule has 0 aliphatic rings. The molecule has 2 heterocycles. The molecule has 0 saturated carbocycles. The number of hydrogen-bond donors (Lipinski definition) is 1. The molecular weight excluding hydrogens is 226 g/mol. The lowest BCUT2D eigenvalue weighted by Gasteiger charge is -2.16. The molecule has 0 saturated heterocycles. The van der Waals surface area contributed by atoms with Gasteiger partial charge in [-0.2, -0.15) is 0 Å². The molecule has 18 heavy (non-hydrogen) atoms. The van der Waals surface area contributed by atoms with Crippen molar-refractivity contribution < 1.29 is 4.74 Å². The number of pyridine rings is 2. The highest BCUT2D eigenvalue weighted by Gasteiger charge is 2.18. The van der Waals surface area contributed by atoms with Gasteiger partial charge in [0.05, 0.1) is 18.8 Å². The lowest BCUT2D eigenvalue weighted by Crippen LogP contribution is -2.18. The van der Waals surface area contributed by atoms with Crippen LogP contribution >= 0.6 is 0 Å². The number of ether oxygens (including phenoxy) is 1. The number of methoxy groups -OCH3 is 1. The molecule has 0 aromatic carbocycles. The van der Waals surface area contributed by atoms with Crippen molar-refractivity contribution in [1.82, 2.24) is 9.97 Å². The SMILES string of the molecule is CCc1cccnc1C(N)c1ncccc1OC. The third-order valence-electron chi connectivity index (χ3n) is 2.92. The summed E-state index contributed by atoms with van der Waals surface area (Å²) < 4.78 is 5.29. The Morgan fingerprint density at radius 3 is 2.50 bits per heavy atom. The van der Waals surface area contributed by atoms with E-state index in [2.05, 4.69) is 16.9 Å². The molecular formula is C14H17N3O. The number of hydrogen-bond acceptors (Lipinski definition) is 4. The largest absolute Gasteiger partial charge is 0.495 e. The highest BCUT2D eigenvalue weighted by Crippen LogP contribution is 2.26. The molecule has 0 spiro atoms. The van der Waals surface area contributed by atoms with E-state index in [4.69, 9.17) is 10.5 Å². The smallest absolute Gasteiger partial charge is 0.142 e. The summed E-state index contributed by atoms with van der Waals surface area (Å²) in [6, 6.07) is 7.28. The monoisotopic (exact) mass is 243 g/mol. The molecule has 94 valence electrons. The van der Waals surface area contributed by atoms with Crippen molar-refractivity contribution in [3.8, 4) is 5.75 Å². The van der Waals surface area contributed by atoms with Crippen LogP contribution in [0.3, 0.4) is 0 Å². The van der Waals surface area contributed by atoms with Crippen LogP contribution in [0.4, 0.5) is 0 Å². The zero-order chi connectivity index (χ0) is 13.0. The summed E-state index contributed by atoms with van der Waals surface area (Å²) >= 11 is 0.